The summed E-state index contributed by atoms with van der Waals surface area (Å²) in [6, 6.07) is 4.09. The predicted molar refractivity (Wildman–Crippen MR) is 57.4 cm³/mol. The Morgan fingerprint density at radius 2 is 2.14 bits per heavy atom. The van der Waals surface area contributed by atoms with Crippen molar-refractivity contribution in [3.05, 3.63) is 23.9 Å². The third-order valence-corrected chi connectivity index (χ3v) is 1.71. The number of hydrogen-bond donors (Lipinski definition) is 1. The lowest BCUT2D eigenvalue weighted by atomic mass is 10.1. The van der Waals surface area contributed by atoms with Crippen molar-refractivity contribution >= 4 is 0 Å². The van der Waals surface area contributed by atoms with E-state index in [4.69, 9.17) is 10.5 Å². The van der Waals surface area contributed by atoms with Crippen molar-refractivity contribution in [2.24, 2.45) is 5.73 Å². The molecular formula is C11H18N2O. The molecule has 0 aliphatic heterocycles. The Labute approximate surface area is 85.3 Å². The van der Waals surface area contributed by atoms with Crippen LogP contribution in [0.1, 0.15) is 26.3 Å². The lowest BCUT2D eigenvalue weighted by Crippen LogP contribution is -2.18. The van der Waals surface area contributed by atoms with Gasteiger partial charge in [-0.25, -0.2) is 4.98 Å². The van der Waals surface area contributed by atoms with Crippen molar-refractivity contribution in [2.45, 2.75) is 39.3 Å². The number of nitrogens with two attached hydrogens (primary N) is 1. The zero-order valence-electron chi connectivity index (χ0n) is 9.03. The highest BCUT2D eigenvalue weighted by Gasteiger charge is 2.02. The molecule has 0 fully saturated rings. The van der Waals surface area contributed by atoms with Gasteiger partial charge in [0.05, 0.1) is 6.10 Å². The monoisotopic (exact) mass is 194 g/mol. The summed E-state index contributed by atoms with van der Waals surface area (Å²) < 4.78 is 5.48. The van der Waals surface area contributed by atoms with Crippen molar-refractivity contribution in [2.75, 3.05) is 0 Å². The summed E-state index contributed by atoms with van der Waals surface area (Å²) in [4.78, 5) is 4.12. The molecule has 1 rings (SSSR count). The highest BCUT2D eigenvalue weighted by atomic mass is 16.5. The third-order valence-electron chi connectivity index (χ3n) is 1.71. The van der Waals surface area contributed by atoms with Crippen LogP contribution >= 0.6 is 0 Å². The largest absolute Gasteiger partial charge is 0.475 e. The van der Waals surface area contributed by atoms with E-state index in [0.717, 1.165) is 6.42 Å². The Balaban J connectivity index is 2.68. The van der Waals surface area contributed by atoms with Gasteiger partial charge in [0.2, 0.25) is 5.88 Å². The van der Waals surface area contributed by atoms with Gasteiger partial charge < -0.3 is 10.5 Å². The van der Waals surface area contributed by atoms with E-state index in [0.29, 0.717) is 5.88 Å². The zero-order valence-corrected chi connectivity index (χ0v) is 9.03. The first-order valence-corrected chi connectivity index (χ1v) is 4.95. The number of aromatic nitrogens is 1. The van der Waals surface area contributed by atoms with E-state index >= 15 is 0 Å². The molecule has 2 N–H and O–H groups in total. The molecule has 0 aromatic carbocycles. The fraction of sp³-hybridized carbons (Fsp3) is 0.545. The van der Waals surface area contributed by atoms with Gasteiger partial charge >= 0.3 is 0 Å². The van der Waals surface area contributed by atoms with Crippen LogP contribution in [-0.4, -0.2) is 17.1 Å². The summed E-state index contributed by atoms with van der Waals surface area (Å²) in [6.07, 6.45) is 2.78. The molecule has 0 aliphatic carbocycles. The molecule has 14 heavy (non-hydrogen) atoms. The van der Waals surface area contributed by atoms with E-state index < -0.39 is 0 Å². The summed E-state index contributed by atoms with van der Waals surface area (Å²) in [7, 11) is 0. The van der Waals surface area contributed by atoms with Gasteiger partial charge in [-0.15, -0.1) is 0 Å². The maximum atomic E-state index is 5.71. The molecule has 0 saturated carbocycles. The van der Waals surface area contributed by atoms with Crippen molar-refractivity contribution < 1.29 is 4.74 Å². The first kappa shape index (κ1) is 11.0. The van der Waals surface area contributed by atoms with Gasteiger partial charge in [-0.3, -0.25) is 0 Å². The van der Waals surface area contributed by atoms with Crippen LogP contribution < -0.4 is 10.5 Å². The maximum absolute atomic E-state index is 5.71. The zero-order chi connectivity index (χ0) is 10.6. The van der Waals surface area contributed by atoms with Crippen molar-refractivity contribution in [3.8, 4) is 5.88 Å². The molecule has 3 nitrogen and oxygen atoms in total. The molecule has 1 unspecified atom stereocenters. The highest BCUT2D eigenvalue weighted by molar-refractivity contribution is 5.21. The minimum atomic E-state index is 0.160. The van der Waals surface area contributed by atoms with Crippen molar-refractivity contribution in [1.82, 2.24) is 4.98 Å². The molecule has 0 aliphatic rings. The van der Waals surface area contributed by atoms with E-state index in [1.165, 1.54) is 5.56 Å². The predicted octanol–water partition coefficient (Wildman–Crippen LogP) is 1.76. The molecule has 3 heteroatoms. The minimum Gasteiger partial charge on any atom is -0.475 e. The molecule has 0 spiro atoms. The summed E-state index contributed by atoms with van der Waals surface area (Å²) >= 11 is 0. The smallest absolute Gasteiger partial charge is 0.213 e. The van der Waals surface area contributed by atoms with E-state index in [1.54, 1.807) is 6.20 Å². The van der Waals surface area contributed by atoms with Crippen LogP contribution in [0, 0.1) is 0 Å². The second-order valence-electron chi connectivity index (χ2n) is 3.85. The van der Waals surface area contributed by atoms with Crippen LogP contribution in [0.25, 0.3) is 0 Å². The number of pyridine rings is 1. The van der Waals surface area contributed by atoms with Gasteiger partial charge in [0.1, 0.15) is 0 Å². The second kappa shape index (κ2) is 4.96. The topological polar surface area (TPSA) is 48.1 Å². The molecule has 0 bridgehead atoms. The van der Waals surface area contributed by atoms with Gasteiger partial charge in [-0.05, 0) is 38.8 Å². The molecule has 0 saturated heterocycles. The Bertz CT molecular complexity index is 259. The van der Waals surface area contributed by atoms with Gasteiger partial charge in [0.25, 0.3) is 0 Å². The average Bonchev–Trinajstić information content (AvgIpc) is 2.01. The molecular weight excluding hydrogens is 176 g/mol. The molecule has 0 amide bonds. The van der Waals surface area contributed by atoms with E-state index in [-0.39, 0.29) is 12.1 Å². The molecule has 1 aromatic heterocycles. The standard InChI is InChI=1S/C11H18N2O/c1-8(2)14-11-7-10(4-5-13-11)6-9(3)12/h4-5,7-9H,6,12H2,1-3H3. The van der Waals surface area contributed by atoms with Crippen molar-refractivity contribution in [3.63, 3.8) is 0 Å². The molecule has 1 aromatic rings. The second-order valence-corrected chi connectivity index (χ2v) is 3.85. The van der Waals surface area contributed by atoms with Crippen LogP contribution in [-0.2, 0) is 6.42 Å². The van der Waals surface area contributed by atoms with E-state index in [2.05, 4.69) is 4.98 Å². The highest BCUT2D eigenvalue weighted by Crippen LogP contribution is 2.12. The molecule has 1 heterocycles. The summed E-state index contributed by atoms with van der Waals surface area (Å²) in [6.45, 7) is 5.96. The Hall–Kier alpha value is -1.09. The summed E-state index contributed by atoms with van der Waals surface area (Å²) in [5, 5.41) is 0. The lowest BCUT2D eigenvalue weighted by Gasteiger charge is -2.10. The van der Waals surface area contributed by atoms with Gasteiger partial charge in [0.15, 0.2) is 0 Å². The first-order chi connectivity index (χ1) is 6.58. The van der Waals surface area contributed by atoms with Crippen LogP contribution in [0.2, 0.25) is 0 Å². The lowest BCUT2D eigenvalue weighted by molar-refractivity contribution is 0.232. The van der Waals surface area contributed by atoms with Gasteiger partial charge in [-0.2, -0.15) is 0 Å². The fourth-order valence-electron chi connectivity index (χ4n) is 1.26. The molecule has 78 valence electrons. The number of rotatable bonds is 4. The minimum absolute atomic E-state index is 0.160. The number of ether oxygens (including phenoxy) is 1. The van der Waals surface area contributed by atoms with Gasteiger partial charge in [-0.1, -0.05) is 0 Å². The maximum Gasteiger partial charge on any atom is 0.213 e. The van der Waals surface area contributed by atoms with Gasteiger partial charge in [0, 0.05) is 18.3 Å². The fourth-order valence-corrected chi connectivity index (χ4v) is 1.26. The molecule has 0 radical (unpaired) electrons. The van der Waals surface area contributed by atoms with Crippen LogP contribution in [0.3, 0.4) is 0 Å². The van der Waals surface area contributed by atoms with E-state index in [9.17, 15) is 0 Å². The molecule has 1 atom stereocenters. The Morgan fingerprint density at radius 3 is 2.71 bits per heavy atom. The van der Waals surface area contributed by atoms with Crippen LogP contribution in [0.4, 0.5) is 0 Å². The first-order valence-electron chi connectivity index (χ1n) is 4.95. The normalized spacial score (nSPS) is 12.9. The van der Waals surface area contributed by atoms with Crippen LogP contribution in [0.5, 0.6) is 5.88 Å². The Kier molecular flexibility index (Phi) is 3.89. The summed E-state index contributed by atoms with van der Waals surface area (Å²) in [5.74, 6) is 0.679. The summed E-state index contributed by atoms with van der Waals surface area (Å²) in [5.41, 5.74) is 6.89. The quantitative estimate of drug-likeness (QED) is 0.794. The Morgan fingerprint density at radius 1 is 1.43 bits per heavy atom. The third kappa shape index (κ3) is 3.75. The van der Waals surface area contributed by atoms with Crippen molar-refractivity contribution in [1.29, 1.82) is 0 Å². The average molecular weight is 194 g/mol. The number of hydrogen-bond acceptors (Lipinski definition) is 3. The van der Waals surface area contributed by atoms with Crippen LogP contribution in [0.15, 0.2) is 18.3 Å². The SMILES string of the molecule is CC(N)Cc1ccnc(OC(C)C)c1. The number of nitrogens with zero attached hydrogens (tertiary/aromatic N) is 1. The van der Waals surface area contributed by atoms with E-state index in [1.807, 2.05) is 32.9 Å².